The molecule has 1 atom stereocenters. The van der Waals surface area contributed by atoms with Crippen molar-refractivity contribution in [3.05, 3.63) is 77.6 Å². The normalized spacial score (nSPS) is 14.5. The molecule has 0 spiro atoms. The van der Waals surface area contributed by atoms with Crippen LogP contribution in [-0.2, 0) is 11.2 Å². The fourth-order valence-corrected chi connectivity index (χ4v) is 3.31. The molecule has 174 valence electrons. The number of rotatable bonds is 5. The fourth-order valence-electron chi connectivity index (χ4n) is 3.31. The number of aromatic nitrogens is 1. The summed E-state index contributed by atoms with van der Waals surface area (Å²) in [7, 11) is 0. The Labute approximate surface area is 188 Å². The molecule has 0 bridgehead atoms. The van der Waals surface area contributed by atoms with E-state index in [2.05, 4.69) is 33.8 Å². The first-order chi connectivity index (χ1) is 15.6. The molecule has 0 aliphatic carbocycles. The molecule has 6 nitrogen and oxygen atoms in total. The van der Waals surface area contributed by atoms with E-state index in [0.29, 0.717) is 5.56 Å². The van der Waals surface area contributed by atoms with Crippen LogP contribution in [0, 0.1) is 5.92 Å². The molecular weight excluding hydrogens is 435 g/mol. The highest BCUT2D eigenvalue weighted by atomic mass is 19.4. The van der Waals surface area contributed by atoms with Crippen LogP contribution in [0.4, 0.5) is 13.2 Å². The van der Waals surface area contributed by atoms with Crippen molar-refractivity contribution in [1.82, 2.24) is 15.6 Å². The lowest BCUT2D eigenvalue weighted by Gasteiger charge is -2.27. The number of carboxylic acid groups (broad SMARTS) is 1. The van der Waals surface area contributed by atoms with Crippen LogP contribution in [0.3, 0.4) is 0 Å². The SMILES string of the molecule is CC(NC(=O)c1ccc(CC2CNC2)cc1)c1cc2ccccc2cn1.O=C(O)C(F)(F)F. The monoisotopic (exact) mass is 459 g/mol. The van der Waals surface area contributed by atoms with Gasteiger partial charge in [-0.25, -0.2) is 4.79 Å². The van der Waals surface area contributed by atoms with Crippen LogP contribution in [0.5, 0.6) is 0 Å². The van der Waals surface area contributed by atoms with Crippen molar-refractivity contribution in [2.24, 2.45) is 5.92 Å². The summed E-state index contributed by atoms with van der Waals surface area (Å²) < 4.78 is 31.7. The van der Waals surface area contributed by atoms with E-state index in [4.69, 9.17) is 9.90 Å². The van der Waals surface area contributed by atoms with Gasteiger partial charge >= 0.3 is 12.1 Å². The third-order valence-electron chi connectivity index (χ3n) is 5.29. The number of carbonyl (C=O) groups excluding carboxylic acids is 1. The van der Waals surface area contributed by atoms with E-state index in [-0.39, 0.29) is 11.9 Å². The van der Waals surface area contributed by atoms with Crippen molar-refractivity contribution >= 4 is 22.6 Å². The standard InChI is InChI=1S/C22H23N3O.C2HF3O2/c1-15(21-11-19-4-2-3-5-20(19)14-24-21)25-22(26)18-8-6-16(7-9-18)10-17-12-23-13-17;3-2(4,5)1(6)7/h2-9,11,14-15,17,23H,10,12-13H2,1H3,(H,25,26);(H,6,7). The van der Waals surface area contributed by atoms with Crippen LogP contribution in [0.2, 0.25) is 0 Å². The number of halogens is 3. The van der Waals surface area contributed by atoms with E-state index < -0.39 is 12.1 Å². The summed E-state index contributed by atoms with van der Waals surface area (Å²) in [6.45, 7) is 4.16. The van der Waals surface area contributed by atoms with E-state index in [9.17, 15) is 18.0 Å². The molecule has 1 aliphatic heterocycles. The van der Waals surface area contributed by atoms with Gasteiger partial charge < -0.3 is 15.7 Å². The summed E-state index contributed by atoms with van der Waals surface area (Å²) in [6.07, 6.45) is -2.15. The van der Waals surface area contributed by atoms with Crippen molar-refractivity contribution in [2.45, 2.75) is 25.6 Å². The van der Waals surface area contributed by atoms with Crippen LogP contribution in [0.25, 0.3) is 10.8 Å². The third-order valence-corrected chi connectivity index (χ3v) is 5.29. The lowest BCUT2D eigenvalue weighted by molar-refractivity contribution is -0.192. The van der Waals surface area contributed by atoms with Gasteiger partial charge in [-0.05, 0) is 61.5 Å². The highest BCUT2D eigenvalue weighted by Gasteiger charge is 2.38. The minimum absolute atomic E-state index is 0.0654. The quantitative estimate of drug-likeness (QED) is 0.534. The van der Waals surface area contributed by atoms with Gasteiger partial charge in [0.15, 0.2) is 0 Å². The number of amides is 1. The fraction of sp³-hybridized carbons (Fsp3) is 0.292. The number of hydrogen-bond donors (Lipinski definition) is 3. The Balaban J connectivity index is 0.000000383. The average Bonchev–Trinajstić information content (AvgIpc) is 2.76. The Morgan fingerprint density at radius 2 is 1.73 bits per heavy atom. The van der Waals surface area contributed by atoms with Crippen molar-refractivity contribution in [3.63, 3.8) is 0 Å². The molecule has 1 aromatic heterocycles. The molecule has 33 heavy (non-hydrogen) atoms. The predicted molar refractivity (Wildman–Crippen MR) is 118 cm³/mol. The lowest BCUT2D eigenvalue weighted by atomic mass is 9.94. The smallest absolute Gasteiger partial charge is 0.475 e. The molecule has 1 saturated heterocycles. The number of nitrogens with one attached hydrogen (secondary N) is 2. The molecule has 1 fully saturated rings. The van der Waals surface area contributed by atoms with Gasteiger partial charge in [-0.15, -0.1) is 0 Å². The summed E-state index contributed by atoms with van der Waals surface area (Å²) in [6, 6.07) is 18.0. The molecule has 3 aromatic rings. The number of nitrogens with zero attached hydrogens (tertiary/aromatic N) is 1. The highest BCUT2D eigenvalue weighted by molar-refractivity contribution is 5.94. The molecule has 1 unspecified atom stereocenters. The summed E-state index contributed by atoms with van der Waals surface area (Å²) >= 11 is 0. The number of benzene rings is 2. The maximum Gasteiger partial charge on any atom is 0.490 e. The lowest BCUT2D eigenvalue weighted by Crippen LogP contribution is -2.43. The number of fused-ring (bicyclic) bond motifs is 1. The van der Waals surface area contributed by atoms with E-state index in [1.54, 1.807) is 0 Å². The van der Waals surface area contributed by atoms with Gasteiger partial charge in [0, 0.05) is 17.1 Å². The Morgan fingerprint density at radius 1 is 1.12 bits per heavy atom. The molecule has 0 radical (unpaired) electrons. The van der Waals surface area contributed by atoms with Crippen molar-refractivity contribution in [3.8, 4) is 0 Å². The number of aliphatic carboxylic acids is 1. The molecule has 3 N–H and O–H groups in total. The van der Waals surface area contributed by atoms with E-state index in [0.717, 1.165) is 41.9 Å². The molecule has 1 amide bonds. The second-order valence-corrected chi connectivity index (χ2v) is 7.88. The molecule has 2 heterocycles. The summed E-state index contributed by atoms with van der Waals surface area (Å²) in [5, 5.41) is 15.7. The zero-order chi connectivity index (χ0) is 24.0. The van der Waals surface area contributed by atoms with Crippen LogP contribution < -0.4 is 10.6 Å². The van der Waals surface area contributed by atoms with Gasteiger partial charge in [0.1, 0.15) is 0 Å². The Kier molecular flexibility index (Phi) is 7.65. The first kappa shape index (κ1) is 24.2. The van der Waals surface area contributed by atoms with Gasteiger partial charge in [0.2, 0.25) is 0 Å². The number of pyridine rings is 1. The topological polar surface area (TPSA) is 91.3 Å². The molecule has 0 saturated carbocycles. The van der Waals surface area contributed by atoms with E-state index in [1.807, 2.05) is 49.5 Å². The number of carbonyl (C=O) groups is 2. The second kappa shape index (κ2) is 10.4. The maximum absolute atomic E-state index is 12.5. The van der Waals surface area contributed by atoms with Crippen LogP contribution in [-0.4, -0.2) is 41.2 Å². The summed E-state index contributed by atoms with van der Waals surface area (Å²) in [4.78, 5) is 25.9. The maximum atomic E-state index is 12.5. The predicted octanol–water partition coefficient (Wildman–Crippen LogP) is 4.12. The van der Waals surface area contributed by atoms with Gasteiger partial charge in [-0.2, -0.15) is 13.2 Å². The molecular formula is C24H24F3N3O3. The minimum Gasteiger partial charge on any atom is -0.475 e. The van der Waals surface area contributed by atoms with Crippen LogP contribution in [0.1, 0.15) is 34.6 Å². The van der Waals surface area contributed by atoms with Crippen molar-refractivity contribution < 1.29 is 27.9 Å². The second-order valence-electron chi connectivity index (χ2n) is 7.88. The van der Waals surface area contributed by atoms with Gasteiger partial charge in [-0.1, -0.05) is 36.4 Å². The van der Waals surface area contributed by atoms with E-state index in [1.165, 1.54) is 5.56 Å². The van der Waals surface area contributed by atoms with Crippen LogP contribution in [0.15, 0.2) is 60.8 Å². The van der Waals surface area contributed by atoms with Crippen molar-refractivity contribution in [1.29, 1.82) is 0 Å². The number of carboxylic acids is 1. The molecule has 4 rings (SSSR count). The van der Waals surface area contributed by atoms with Gasteiger partial charge in [0.25, 0.3) is 5.91 Å². The van der Waals surface area contributed by atoms with Crippen LogP contribution >= 0.6 is 0 Å². The highest BCUT2D eigenvalue weighted by Crippen LogP contribution is 2.19. The number of alkyl halides is 3. The summed E-state index contributed by atoms with van der Waals surface area (Å²) in [5.41, 5.74) is 2.84. The van der Waals surface area contributed by atoms with Gasteiger partial charge in [-0.3, -0.25) is 9.78 Å². The summed E-state index contributed by atoms with van der Waals surface area (Å²) in [5.74, 6) is -2.09. The Bertz CT molecular complexity index is 1110. The largest absolute Gasteiger partial charge is 0.490 e. The Hall–Kier alpha value is -3.46. The molecule has 9 heteroatoms. The third kappa shape index (κ3) is 6.76. The average molecular weight is 459 g/mol. The van der Waals surface area contributed by atoms with E-state index >= 15 is 0 Å². The molecule has 1 aliphatic rings. The first-order valence-electron chi connectivity index (χ1n) is 10.4. The zero-order valence-electron chi connectivity index (χ0n) is 17.9. The van der Waals surface area contributed by atoms with Gasteiger partial charge in [0.05, 0.1) is 11.7 Å². The molecule has 2 aromatic carbocycles. The number of hydrogen-bond acceptors (Lipinski definition) is 4. The Morgan fingerprint density at radius 3 is 2.27 bits per heavy atom. The zero-order valence-corrected chi connectivity index (χ0v) is 17.9. The van der Waals surface area contributed by atoms with Crippen molar-refractivity contribution in [2.75, 3.05) is 13.1 Å². The first-order valence-corrected chi connectivity index (χ1v) is 10.4. The minimum atomic E-state index is -5.08.